The summed E-state index contributed by atoms with van der Waals surface area (Å²) in [5, 5.41) is 0.703. The van der Waals surface area contributed by atoms with E-state index in [1.54, 1.807) is 6.20 Å². The Balaban J connectivity index is 1.18. The summed E-state index contributed by atoms with van der Waals surface area (Å²) in [6.45, 7) is 5.99. The van der Waals surface area contributed by atoms with Crippen molar-refractivity contribution in [1.29, 1.82) is 0 Å². The van der Waals surface area contributed by atoms with E-state index in [0.717, 1.165) is 74.9 Å². The minimum Gasteiger partial charge on any atom is -0.342 e. The summed E-state index contributed by atoms with van der Waals surface area (Å²) in [7, 11) is 0. The van der Waals surface area contributed by atoms with Gasteiger partial charge in [0.05, 0.1) is 17.6 Å². The molecule has 6 heteroatoms. The summed E-state index contributed by atoms with van der Waals surface area (Å²) < 4.78 is 0. The number of likely N-dealkylation sites (tertiary alicyclic amines) is 2. The Morgan fingerprint density at radius 2 is 1.76 bits per heavy atom. The first-order chi connectivity index (χ1) is 16.0. The first-order valence-corrected chi connectivity index (χ1v) is 13.0. The van der Waals surface area contributed by atoms with Gasteiger partial charge in [0.15, 0.2) is 0 Å². The lowest BCUT2D eigenvalue weighted by Gasteiger charge is -2.44. The maximum atomic E-state index is 13.5. The van der Waals surface area contributed by atoms with E-state index in [-0.39, 0.29) is 5.41 Å². The van der Waals surface area contributed by atoms with E-state index in [2.05, 4.69) is 21.7 Å². The Kier molecular flexibility index (Phi) is 6.71. The molecule has 1 aliphatic carbocycles. The van der Waals surface area contributed by atoms with Gasteiger partial charge >= 0.3 is 0 Å². The fraction of sp³-hybridized carbons (Fsp3) is 0.593. The monoisotopic (exact) mass is 466 g/mol. The van der Waals surface area contributed by atoms with Crippen LogP contribution in [0.1, 0.15) is 69.9 Å². The van der Waals surface area contributed by atoms with Crippen molar-refractivity contribution in [3.63, 3.8) is 0 Å². The van der Waals surface area contributed by atoms with Crippen LogP contribution in [0.4, 0.5) is 0 Å². The number of rotatable bonds is 4. The molecule has 33 heavy (non-hydrogen) atoms. The largest absolute Gasteiger partial charge is 0.342 e. The van der Waals surface area contributed by atoms with Gasteiger partial charge in [0.2, 0.25) is 5.91 Å². The average molecular weight is 467 g/mol. The van der Waals surface area contributed by atoms with Gasteiger partial charge in [-0.05, 0) is 63.7 Å². The first-order valence-electron chi connectivity index (χ1n) is 12.6. The molecule has 3 aliphatic rings. The van der Waals surface area contributed by atoms with E-state index in [1.807, 2.05) is 30.5 Å². The zero-order valence-corrected chi connectivity index (χ0v) is 20.4. The summed E-state index contributed by atoms with van der Waals surface area (Å²) in [5.41, 5.74) is 2.67. The van der Waals surface area contributed by atoms with Crippen LogP contribution in [0.3, 0.4) is 0 Å². The molecule has 5 rings (SSSR count). The van der Waals surface area contributed by atoms with E-state index in [1.165, 1.54) is 25.7 Å². The lowest BCUT2D eigenvalue weighted by Crippen LogP contribution is -2.52. The second-order valence-corrected chi connectivity index (χ2v) is 10.9. The summed E-state index contributed by atoms with van der Waals surface area (Å²) >= 11 is 6.16. The maximum Gasteiger partial charge on any atom is 0.228 e. The number of carbonyl (C=O) groups excluding carboxylic acids is 1. The number of aromatic nitrogens is 2. The number of halogens is 1. The van der Waals surface area contributed by atoms with Gasteiger partial charge in [0.25, 0.3) is 0 Å². The number of hydrogen-bond donors (Lipinski definition) is 0. The topological polar surface area (TPSA) is 49.3 Å². The lowest BCUT2D eigenvalue weighted by molar-refractivity contribution is -0.145. The average Bonchev–Trinajstić information content (AvgIpc) is 3.39. The number of benzene rings is 1. The fourth-order valence-corrected chi connectivity index (χ4v) is 6.18. The molecule has 0 radical (unpaired) electrons. The van der Waals surface area contributed by atoms with E-state index in [0.29, 0.717) is 16.8 Å². The minimum absolute atomic E-state index is 0.200. The van der Waals surface area contributed by atoms with Gasteiger partial charge < -0.3 is 9.80 Å². The van der Waals surface area contributed by atoms with Crippen molar-refractivity contribution in [2.75, 3.05) is 26.2 Å². The third-order valence-electron chi connectivity index (χ3n) is 8.23. The molecule has 3 fully saturated rings. The molecular weight excluding hydrogens is 432 g/mol. The van der Waals surface area contributed by atoms with Crippen LogP contribution in [0, 0.1) is 5.41 Å². The molecule has 0 N–H and O–H groups in total. The van der Waals surface area contributed by atoms with Gasteiger partial charge in [-0.25, -0.2) is 4.98 Å². The third-order valence-corrected chi connectivity index (χ3v) is 8.47. The van der Waals surface area contributed by atoms with Crippen LogP contribution in [0.25, 0.3) is 11.3 Å². The lowest BCUT2D eigenvalue weighted by atomic mass is 9.78. The second kappa shape index (κ2) is 9.71. The number of piperidine rings is 2. The Morgan fingerprint density at radius 3 is 2.45 bits per heavy atom. The number of nitrogens with zero attached hydrogens (tertiary/aromatic N) is 4. The van der Waals surface area contributed by atoms with Crippen molar-refractivity contribution in [3.8, 4) is 11.3 Å². The normalized spacial score (nSPS) is 22.5. The van der Waals surface area contributed by atoms with Gasteiger partial charge in [-0.1, -0.05) is 43.5 Å². The molecule has 1 aromatic heterocycles. The van der Waals surface area contributed by atoms with Gasteiger partial charge in [-0.15, -0.1) is 0 Å². The molecule has 0 unspecified atom stereocenters. The zero-order chi connectivity index (χ0) is 22.8. The Morgan fingerprint density at radius 1 is 1.03 bits per heavy atom. The van der Waals surface area contributed by atoms with Crippen molar-refractivity contribution in [3.05, 3.63) is 47.4 Å². The van der Waals surface area contributed by atoms with Crippen LogP contribution in [0.2, 0.25) is 5.02 Å². The highest BCUT2D eigenvalue weighted by molar-refractivity contribution is 6.30. The van der Waals surface area contributed by atoms with Crippen molar-refractivity contribution in [1.82, 2.24) is 19.8 Å². The molecule has 0 atom stereocenters. The molecule has 5 nitrogen and oxygen atoms in total. The van der Waals surface area contributed by atoms with E-state index >= 15 is 0 Å². The number of carbonyl (C=O) groups is 1. The Bertz CT molecular complexity index is 974. The van der Waals surface area contributed by atoms with Crippen LogP contribution in [-0.4, -0.2) is 57.9 Å². The Labute approximate surface area is 202 Å². The molecule has 176 valence electrons. The maximum absolute atomic E-state index is 13.5. The molecule has 0 spiro atoms. The highest BCUT2D eigenvalue weighted by Crippen LogP contribution is 2.38. The quantitative estimate of drug-likeness (QED) is 0.592. The summed E-state index contributed by atoms with van der Waals surface area (Å²) in [4.78, 5) is 27.6. The van der Waals surface area contributed by atoms with E-state index < -0.39 is 0 Å². The van der Waals surface area contributed by atoms with Gasteiger partial charge in [-0.3, -0.25) is 9.78 Å². The number of hydrogen-bond acceptors (Lipinski definition) is 4. The molecule has 1 amide bonds. The minimum atomic E-state index is -0.200. The standard InChI is InChI=1S/C27H35ClN4O/c1-27(11-15-31(16-12-27)23-7-2-3-8-23)26(33)32-13-9-20(10-14-32)24-18-29-19-25(30-24)21-5-4-6-22(28)17-21/h4-6,17-20,23H,2-3,7-16H2,1H3. The van der Waals surface area contributed by atoms with Crippen molar-refractivity contribution in [2.45, 2.75) is 70.3 Å². The third kappa shape index (κ3) is 4.95. The molecule has 3 heterocycles. The molecule has 1 saturated carbocycles. The SMILES string of the molecule is CC1(C(=O)N2CCC(c3cncc(-c4cccc(Cl)c4)n3)CC2)CCN(C2CCCC2)CC1. The van der Waals surface area contributed by atoms with Crippen molar-refractivity contribution < 1.29 is 4.79 Å². The zero-order valence-electron chi connectivity index (χ0n) is 19.7. The predicted molar refractivity (Wildman–Crippen MR) is 132 cm³/mol. The highest BCUT2D eigenvalue weighted by atomic mass is 35.5. The summed E-state index contributed by atoms with van der Waals surface area (Å²) in [6.07, 6.45) is 13.0. The van der Waals surface area contributed by atoms with Gasteiger partial charge in [-0.2, -0.15) is 0 Å². The molecule has 2 aliphatic heterocycles. The van der Waals surface area contributed by atoms with Crippen LogP contribution in [0.5, 0.6) is 0 Å². The van der Waals surface area contributed by atoms with Crippen LogP contribution in [0.15, 0.2) is 36.7 Å². The van der Waals surface area contributed by atoms with E-state index in [4.69, 9.17) is 16.6 Å². The van der Waals surface area contributed by atoms with Gasteiger partial charge in [0.1, 0.15) is 0 Å². The molecular formula is C27H35ClN4O. The second-order valence-electron chi connectivity index (χ2n) is 10.4. The summed E-state index contributed by atoms with van der Waals surface area (Å²) in [5.74, 6) is 0.712. The first kappa shape index (κ1) is 22.8. The molecule has 2 saturated heterocycles. The van der Waals surface area contributed by atoms with E-state index in [9.17, 15) is 4.79 Å². The van der Waals surface area contributed by atoms with Crippen LogP contribution < -0.4 is 0 Å². The summed E-state index contributed by atoms with van der Waals surface area (Å²) in [6, 6.07) is 8.52. The molecule has 1 aromatic carbocycles. The highest BCUT2D eigenvalue weighted by Gasteiger charge is 2.41. The smallest absolute Gasteiger partial charge is 0.228 e. The fourth-order valence-electron chi connectivity index (χ4n) is 5.99. The molecule has 2 aromatic rings. The van der Waals surface area contributed by atoms with Crippen molar-refractivity contribution >= 4 is 17.5 Å². The predicted octanol–water partition coefficient (Wildman–Crippen LogP) is 5.55. The number of amides is 1. The molecule has 0 bridgehead atoms. The van der Waals surface area contributed by atoms with Crippen LogP contribution in [-0.2, 0) is 4.79 Å². The van der Waals surface area contributed by atoms with Crippen LogP contribution >= 0.6 is 11.6 Å². The van der Waals surface area contributed by atoms with Crippen molar-refractivity contribution in [2.24, 2.45) is 5.41 Å². The van der Waals surface area contributed by atoms with Gasteiger partial charge in [0, 0.05) is 47.2 Å². The Hall–Kier alpha value is -1.98.